The number of aliphatic hydroxyl groups is 3. The van der Waals surface area contributed by atoms with E-state index >= 15 is 9.59 Å². The number of phosphoric acid groups is 2. The minimum absolute atomic E-state index is 0.0927. The van der Waals surface area contributed by atoms with Crippen molar-refractivity contribution in [1.82, 2.24) is 10.6 Å². The maximum atomic E-state index is 15.4. The number of nitrogens with one attached hydrogen (secondary N) is 2. The van der Waals surface area contributed by atoms with E-state index in [1.807, 2.05) is 0 Å². The van der Waals surface area contributed by atoms with Crippen LogP contribution in [0.25, 0.3) is 0 Å². The van der Waals surface area contributed by atoms with Gasteiger partial charge in [0.05, 0.1) is 51.1 Å². The van der Waals surface area contributed by atoms with Crippen molar-refractivity contribution in [3.8, 4) is 0 Å². The normalized spacial score (nSPS) is 19.3. The second-order valence-electron chi connectivity index (χ2n) is 41.7. The van der Waals surface area contributed by atoms with Crippen LogP contribution in [0.2, 0.25) is 0 Å². The first-order chi connectivity index (χ1) is 68.8. The molecule has 2 fully saturated rings. The molecular formula is C113H214N2O25P2. The van der Waals surface area contributed by atoms with Crippen molar-refractivity contribution in [1.29, 1.82) is 0 Å². The van der Waals surface area contributed by atoms with Gasteiger partial charge < -0.3 is 83.4 Å². The molecule has 0 saturated carbocycles. The first-order valence-corrected chi connectivity index (χ1v) is 61.9. The molecule has 2 amide bonds. The predicted molar refractivity (Wildman–Crippen MR) is 568 cm³/mol. The lowest BCUT2D eigenvalue weighted by atomic mass is 9.95. The molecule has 2 rings (SSSR count). The van der Waals surface area contributed by atoms with Crippen LogP contribution in [-0.4, -0.2) is 176 Å². The van der Waals surface area contributed by atoms with Gasteiger partial charge in [-0.25, -0.2) is 9.13 Å². The molecule has 142 heavy (non-hydrogen) atoms. The molecule has 10 unspecified atom stereocenters. The zero-order chi connectivity index (χ0) is 104. The summed E-state index contributed by atoms with van der Waals surface area (Å²) in [6.07, 6.45) is 57.8. The van der Waals surface area contributed by atoms with Crippen molar-refractivity contribution in [3.63, 3.8) is 0 Å². The average molecular weight is 2060 g/mol. The fourth-order valence-electron chi connectivity index (χ4n) is 19.5. The van der Waals surface area contributed by atoms with Crippen molar-refractivity contribution in [3.05, 3.63) is 12.2 Å². The van der Waals surface area contributed by atoms with E-state index in [0.29, 0.717) is 51.6 Å². The lowest BCUT2D eigenvalue weighted by Crippen LogP contribution is -2.68. The summed E-state index contributed by atoms with van der Waals surface area (Å²) in [7, 11) is -11.4. The van der Waals surface area contributed by atoms with Crippen molar-refractivity contribution >= 4 is 51.3 Å². The minimum atomic E-state index is -5.73. The number of rotatable bonds is 102. The van der Waals surface area contributed by atoms with Gasteiger partial charge in [0.15, 0.2) is 24.8 Å². The molecule has 29 heteroatoms. The first kappa shape index (κ1) is 135. The van der Waals surface area contributed by atoms with E-state index in [4.69, 9.17) is 46.9 Å². The molecule has 0 aromatic carbocycles. The number of hydrogen-bond acceptors (Lipinski definition) is 21. The topological polar surface area (TPSA) is 395 Å². The molecule has 0 radical (unpaired) electrons. The lowest BCUT2D eigenvalue weighted by Gasteiger charge is -2.47. The highest BCUT2D eigenvalue weighted by atomic mass is 31.2. The molecule has 27 nitrogen and oxygen atoms in total. The van der Waals surface area contributed by atoms with Gasteiger partial charge in [-0.3, -0.25) is 37.8 Å². The Morgan fingerprint density at radius 2 is 0.620 bits per heavy atom. The molecule has 0 spiro atoms. The van der Waals surface area contributed by atoms with E-state index in [2.05, 4.69) is 71.3 Å². The molecular weight excluding hydrogens is 1850 g/mol. The summed E-state index contributed by atoms with van der Waals surface area (Å²) in [5.41, 5.74) is 0. The summed E-state index contributed by atoms with van der Waals surface area (Å²) in [6.45, 7) is 13.6. The summed E-state index contributed by atoms with van der Waals surface area (Å²) in [6, 6.07) is -3.81. The Hall–Kier alpha value is -3.50. The van der Waals surface area contributed by atoms with Crippen LogP contribution >= 0.6 is 15.6 Å². The summed E-state index contributed by atoms with van der Waals surface area (Å²) in [5.74, 6) is -4.74. The second-order valence-corrected chi connectivity index (χ2v) is 44.0. The average Bonchev–Trinajstić information content (AvgIpc) is 0.778. The molecule has 2 saturated heterocycles. The maximum absolute atomic E-state index is 15.4. The van der Waals surface area contributed by atoms with Crippen molar-refractivity contribution in [2.45, 2.75) is 654 Å². The van der Waals surface area contributed by atoms with E-state index in [1.165, 1.54) is 128 Å². The van der Waals surface area contributed by atoms with Gasteiger partial charge >= 0.3 is 39.5 Å². The van der Waals surface area contributed by atoms with E-state index in [-0.39, 0.29) is 38.5 Å². The van der Waals surface area contributed by atoms with E-state index in [9.17, 15) is 63.2 Å². The molecule has 2 aliphatic heterocycles. The van der Waals surface area contributed by atoms with Crippen molar-refractivity contribution in [2.75, 3.05) is 19.8 Å². The Labute approximate surface area is 863 Å². The highest BCUT2D eigenvalue weighted by Crippen LogP contribution is 2.45. The van der Waals surface area contributed by atoms with Crippen LogP contribution in [0.5, 0.6) is 0 Å². The number of carbonyl (C=O) groups is 6. The quantitative estimate of drug-likeness (QED) is 0.00898. The number of hydrogen-bond donors (Lipinski definition) is 9. The molecule has 0 bridgehead atoms. The SMILES string of the molecule is CCCCCC/C=C\CCCCCCCCOC(CCCCCCCCCCC)CC(=O)N[C@H]1C(OC(=O)CC(CCCCCCCCCCC)OC(=O)CCCCCCCCCCCC)C(OP(=O)(O)O)C(CO)O[C@H]1OCC1OC(OP(=O)(O)O)[C@@H](NC(=O)CC(CCCCCCCCCCC)OC(=O)CCCCCCCCCCCCCCC)C(OC(=O)CC(O)CCCCCCCCCCC)[C@@H]1O. The second kappa shape index (κ2) is 92.4. The number of esters is 4. The highest BCUT2D eigenvalue weighted by molar-refractivity contribution is 7.46. The fraction of sp³-hybridized carbons (Fsp3) is 0.929. The minimum Gasteiger partial charge on any atom is -0.462 e. The summed E-state index contributed by atoms with van der Waals surface area (Å²) in [4.78, 5) is 131. The summed E-state index contributed by atoms with van der Waals surface area (Å²) < 4.78 is 88.4. The largest absolute Gasteiger partial charge is 0.472 e. The fourth-order valence-corrected chi connectivity index (χ4v) is 20.5. The Bertz CT molecular complexity index is 3110. The van der Waals surface area contributed by atoms with Gasteiger partial charge in [0.25, 0.3) is 0 Å². The van der Waals surface area contributed by atoms with Crippen LogP contribution in [0, 0.1) is 0 Å². The number of aliphatic hydroxyl groups excluding tert-OH is 3. The number of ether oxygens (including phenoxy) is 8. The van der Waals surface area contributed by atoms with Crippen LogP contribution in [0.1, 0.15) is 569 Å². The standard InChI is InChI=1S/C113H214N2O25P2/c1-8-15-22-29-36-43-46-48-50-52-59-66-73-80-87-131-95(82-75-68-61-54-40-33-26-19-12-5)89-100(118)115-107-111(138-105(123)91-97(84-77-70-63-56-42-35-28-21-14-7)134-103(121)86-79-72-64-57-45-38-31-24-17-10-3)109(139-141(125,126)127)98(92-116)135-112(107)132-93-99-108(124)110(137-104(122)88-94(117)81-74-67-60-53-39-32-25-18-11-4)106(113(136-99)140-142(128,129)130)114-101(119)90-96(83-76-69-62-55-41-34-27-20-13-6)133-102(120)85-78-71-65-58-51-49-47-44-37-30-23-16-9-2/h43,46,94-99,106-113,116-117,124H,8-42,44-45,47-93H2,1-7H3,(H,114,119)(H,115,118)(H2,125,126,127)(H2,128,129,130)/b46-43-/t94?,95?,96?,97?,98?,99?,106-,107-,108+,109?,110?,111?,112+,113?/m0/s1. The van der Waals surface area contributed by atoms with Gasteiger partial charge in [-0.15, -0.1) is 0 Å². The molecule has 0 aromatic heterocycles. The van der Waals surface area contributed by atoms with Gasteiger partial charge in [-0.2, -0.15) is 0 Å². The Kier molecular flexibility index (Phi) is 87.6. The van der Waals surface area contributed by atoms with E-state index in [0.717, 1.165) is 289 Å². The Balaban J connectivity index is 2.91. The molecule has 0 aromatic rings. The molecule has 2 heterocycles. The summed E-state index contributed by atoms with van der Waals surface area (Å²) >= 11 is 0. The number of carbonyl (C=O) groups excluding carboxylic acids is 6. The third kappa shape index (κ3) is 76.1. The van der Waals surface area contributed by atoms with Gasteiger partial charge in [-0.1, -0.05) is 459 Å². The van der Waals surface area contributed by atoms with E-state index in [1.54, 1.807) is 0 Å². The molecule has 0 aliphatic carbocycles. The third-order valence-electron chi connectivity index (χ3n) is 28.1. The zero-order valence-electron chi connectivity index (χ0n) is 91.0. The van der Waals surface area contributed by atoms with Crippen molar-refractivity contribution < 1.29 is 120 Å². The maximum Gasteiger partial charge on any atom is 0.472 e. The summed E-state index contributed by atoms with van der Waals surface area (Å²) in [5, 5.41) is 41.3. The van der Waals surface area contributed by atoms with Crippen LogP contribution in [0.15, 0.2) is 12.2 Å². The number of phosphoric ester groups is 2. The Morgan fingerprint density at radius 3 is 0.993 bits per heavy atom. The van der Waals surface area contributed by atoms with Crippen LogP contribution < -0.4 is 10.6 Å². The number of unbranched alkanes of at least 4 members (excludes halogenated alkanes) is 63. The molecule has 9 N–H and O–H groups in total. The lowest BCUT2D eigenvalue weighted by molar-refractivity contribution is -0.297. The Morgan fingerprint density at radius 1 is 0.324 bits per heavy atom. The first-order valence-electron chi connectivity index (χ1n) is 58.9. The smallest absolute Gasteiger partial charge is 0.462 e. The van der Waals surface area contributed by atoms with Gasteiger partial charge in [0, 0.05) is 19.4 Å². The number of allylic oxidation sites excluding steroid dienone is 2. The van der Waals surface area contributed by atoms with Crippen LogP contribution in [0.3, 0.4) is 0 Å². The number of amides is 2. The molecule has 2 aliphatic rings. The van der Waals surface area contributed by atoms with Gasteiger partial charge in [0.2, 0.25) is 11.8 Å². The molecule has 14 atom stereocenters. The molecule has 836 valence electrons. The van der Waals surface area contributed by atoms with Crippen molar-refractivity contribution in [2.24, 2.45) is 0 Å². The third-order valence-corrected chi connectivity index (χ3v) is 29.1. The van der Waals surface area contributed by atoms with Gasteiger partial charge in [-0.05, 0) is 83.5 Å². The predicted octanol–water partition coefficient (Wildman–Crippen LogP) is 28.0. The zero-order valence-corrected chi connectivity index (χ0v) is 92.8. The monoisotopic (exact) mass is 2060 g/mol. The van der Waals surface area contributed by atoms with E-state index < -0.39 is 170 Å². The van der Waals surface area contributed by atoms with Crippen LogP contribution in [0.4, 0.5) is 0 Å². The van der Waals surface area contributed by atoms with Gasteiger partial charge in [0.1, 0.15) is 48.7 Å². The van der Waals surface area contributed by atoms with Crippen LogP contribution in [-0.2, 0) is 84.8 Å². The highest BCUT2D eigenvalue weighted by Gasteiger charge is 2.55.